The molecule has 450 valence electrons. The average molecular weight is 1070 g/mol. The Morgan fingerprint density at radius 1 is 0.303 bits per heavy atom. The van der Waals surface area contributed by atoms with Gasteiger partial charge in [0.25, 0.3) is 0 Å². The van der Waals surface area contributed by atoms with E-state index in [0.29, 0.717) is 6.42 Å². The molecule has 0 saturated carbocycles. The van der Waals surface area contributed by atoms with Crippen molar-refractivity contribution in [3.8, 4) is 0 Å². The Hall–Kier alpha value is -1.39. The number of hydrogen-bond acceptors (Lipinski definition) is 3. The lowest BCUT2D eigenvalue weighted by Crippen LogP contribution is -2.45. The van der Waals surface area contributed by atoms with Crippen molar-refractivity contribution in [2.75, 3.05) is 6.61 Å². The van der Waals surface area contributed by atoms with Crippen molar-refractivity contribution in [2.45, 2.75) is 411 Å². The van der Waals surface area contributed by atoms with Gasteiger partial charge in [0.1, 0.15) is 0 Å². The number of aliphatic hydroxyl groups excluding tert-OH is 2. The maximum Gasteiger partial charge on any atom is 0.220 e. The molecule has 4 heteroatoms. The van der Waals surface area contributed by atoms with Gasteiger partial charge in [-0.1, -0.05) is 384 Å². The molecule has 0 saturated heterocycles. The third-order valence-electron chi connectivity index (χ3n) is 16.6. The molecule has 0 fully saturated rings. The van der Waals surface area contributed by atoms with Crippen LogP contribution in [-0.4, -0.2) is 34.9 Å². The first-order chi connectivity index (χ1) is 37.7. The second-order valence-electron chi connectivity index (χ2n) is 24.3. The molecule has 2 atom stereocenters. The summed E-state index contributed by atoms with van der Waals surface area (Å²) in [5.74, 6) is -0.0697. The number of hydrogen-bond donors (Lipinski definition) is 3. The molecule has 0 aromatic rings. The van der Waals surface area contributed by atoms with Gasteiger partial charge < -0.3 is 15.5 Å². The summed E-state index contributed by atoms with van der Waals surface area (Å²) in [6, 6.07) is -0.645. The van der Waals surface area contributed by atoms with Crippen LogP contribution in [0.5, 0.6) is 0 Å². The van der Waals surface area contributed by atoms with Crippen molar-refractivity contribution in [3.63, 3.8) is 0 Å². The minimum Gasteiger partial charge on any atom is -0.394 e. The van der Waals surface area contributed by atoms with Gasteiger partial charge in [0.05, 0.1) is 18.8 Å². The number of unbranched alkanes of at least 4 members (excludes halogenated alkanes) is 55. The Kier molecular flexibility index (Phi) is 66.6. The van der Waals surface area contributed by atoms with E-state index >= 15 is 0 Å². The largest absolute Gasteiger partial charge is 0.394 e. The number of allylic oxidation sites excluding steroid dienone is 5. The predicted octanol–water partition coefficient (Wildman–Crippen LogP) is 23.9. The van der Waals surface area contributed by atoms with Crippen molar-refractivity contribution in [2.24, 2.45) is 0 Å². The molecule has 0 spiro atoms. The number of aliphatic hydroxyl groups is 2. The summed E-state index contributed by atoms with van der Waals surface area (Å²) < 4.78 is 0. The smallest absolute Gasteiger partial charge is 0.220 e. The predicted molar refractivity (Wildman–Crippen MR) is 341 cm³/mol. The highest BCUT2D eigenvalue weighted by molar-refractivity contribution is 5.76. The van der Waals surface area contributed by atoms with Crippen LogP contribution in [0.2, 0.25) is 0 Å². The lowest BCUT2D eigenvalue weighted by atomic mass is 10.0. The zero-order valence-corrected chi connectivity index (χ0v) is 52.1. The van der Waals surface area contributed by atoms with Gasteiger partial charge in [-0.2, -0.15) is 0 Å². The number of carbonyl (C=O) groups is 1. The molecular weight excluding hydrogens is 927 g/mol. The third kappa shape index (κ3) is 63.4. The topological polar surface area (TPSA) is 69.6 Å². The van der Waals surface area contributed by atoms with Crippen LogP contribution in [0.4, 0.5) is 0 Å². The first kappa shape index (κ1) is 74.6. The van der Waals surface area contributed by atoms with E-state index in [1.165, 1.54) is 340 Å². The molecule has 0 aromatic heterocycles. The Bertz CT molecular complexity index is 1160. The van der Waals surface area contributed by atoms with Crippen LogP contribution in [0.3, 0.4) is 0 Å². The Morgan fingerprint density at radius 3 is 0.763 bits per heavy atom. The number of carbonyl (C=O) groups excluding carboxylic acids is 1. The van der Waals surface area contributed by atoms with E-state index in [2.05, 4.69) is 43.5 Å². The molecule has 2 unspecified atom stereocenters. The molecule has 0 aliphatic heterocycles. The lowest BCUT2D eigenvalue weighted by molar-refractivity contribution is -0.123. The van der Waals surface area contributed by atoms with E-state index in [1.54, 1.807) is 6.08 Å². The minimum absolute atomic E-state index is 0.0697. The first-order valence-corrected chi connectivity index (χ1v) is 35.2. The monoisotopic (exact) mass is 1070 g/mol. The van der Waals surface area contributed by atoms with Gasteiger partial charge in [-0.25, -0.2) is 0 Å². The van der Waals surface area contributed by atoms with Crippen molar-refractivity contribution in [1.82, 2.24) is 5.32 Å². The van der Waals surface area contributed by atoms with Crippen LogP contribution in [0.1, 0.15) is 399 Å². The highest BCUT2D eigenvalue weighted by atomic mass is 16.3. The highest BCUT2D eigenvalue weighted by Gasteiger charge is 2.18. The fourth-order valence-electron chi connectivity index (χ4n) is 11.3. The van der Waals surface area contributed by atoms with Crippen LogP contribution >= 0.6 is 0 Å². The number of amides is 1. The van der Waals surface area contributed by atoms with Gasteiger partial charge in [0, 0.05) is 6.42 Å². The molecule has 0 aromatic carbocycles. The lowest BCUT2D eigenvalue weighted by Gasteiger charge is -2.19. The van der Waals surface area contributed by atoms with Crippen molar-refractivity contribution in [3.05, 3.63) is 36.5 Å². The second-order valence-corrected chi connectivity index (χ2v) is 24.3. The molecule has 0 radical (unpaired) electrons. The van der Waals surface area contributed by atoms with Gasteiger partial charge in [0.2, 0.25) is 5.91 Å². The molecule has 0 bridgehead atoms. The van der Waals surface area contributed by atoms with Crippen LogP contribution in [0.25, 0.3) is 0 Å². The van der Waals surface area contributed by atoms with E-state index < -0.39 is 12.1 Å². The summed E-state index contributed by atoms with van der Waals surface area (Å²) in [5, 5.41) is 23.2. The maximum atomic E-state index is 12.5. The summed E-state index contributed by atoms with van der Waals surface area (Å²) in [5.41, 5.74) is 0. The summed E-state index contributed by atoms with van der Waals surface area (Å²) in [7, 11) is 0. The SMILES string of the molecule is CCCCCCCCCCCCCCCC/C=C/CC/C=C/CC/C=C/C(O)C(CO)NC(=O)CCCCCCCCCCCCCCCCCCCCCCCCCCCCCCCCCCCCCCCCCC. The maximum absolute atomic E-state index is 12.5. The zero-order chi connectivity index (χ0) is 54.8. The van der Waals surface area contributed by atoms with Crippen molar-refractivity contribution in [1.29, 1.82) is 0 Å². The third-order valence-corrected chi connectivity index (χ3v) is 16.6. The van der Waals surface area contributed by atoms with Crippen LogP contribution < -0.4 is 5.32 Å². The second kappa shape index (κ2) is 67.9. The molecule has 0 aliphatic carbocycles. The van der Waals surface area contributed by atoms with Crippen LogP contribution in [-0.2, 0) is 4.79 Å². The van der Waals surface area contributed by atoms with E-state index in [0.717, 1.165) is 38.5 Å². The molecular formula is C72H139NO3. The molecule has 0 rings (SSSR count). The van der Waals surface area contributed by atoms with Gasteiger partial charge in [-0.15, -0.1) is 0 Å². The zero-order valence-electron chi connectivity index (χ0n) is 52.1. The fourth-order valence-corrected chi connectivity index (χ4v) is 11.3. The molecule has 76 heavy (non-hydrogen) atoms. The van der Waals surface area contributed by atoms with E-state index in [-0.39, 0.29) is 12.5 Å². The van der Waals surface area contributed by atoms with Crippen molar-refractivity contribution < 1.29 is 15.0 Å². The molecule has 4 nitrogen and oxygen atoms in total. The molecule has 0 aliphatic rings. The Balaban J connectivity index is 3.41. The molecule has 0 heterocycles. The van der Waals surface area contributed by atoms with Gasteiger partial charge in [-0.05, 0) is 44.9 Å². The van der Waals surface area contributed by atoms with Crippen LogP contribution in [0.15, 0.2) is 36.5 Å². The number of nitrogens with one attached hydrogen (secondary N) is 1. The normalized spacial score (nSPS) is 12.8. The standard InChI is InChI=1S/C72H139NO3/c1-3-5-7-9-11-13-15-17-19-21-23-25-27-29-30-31-32-33-34-35-36-37-38-39-40-41-42-43-44-46-48-50-52-54-56-58-60-62-64-66-68-72(76)73-70(69-74)71(75)67-65-63-61-59-57-55-53-51-49-47-45-28-26-24-22-20-18-16-14-12-10-8-6-4-2/h49,51,57,59,65,67,70-71,74-75H,3-48,50,52-56,58,60-64,66,68-69H2,1-2H3,(H,73,76)/b51-49+,59-57+,67-65+. The summed E-state index contributed by atoms with van der Waals surface area (Å²) in [4.78, 5) is 12.5. The summed E-state index contributed by atoms with van der Waals surface area (Å²) >= 11 is 0. The fraction of sp³-hybridized carbons (Fsp3) is 0.903. The summed E-state index contributed by atoms with van der Waals surface area (Å²) in [6.45, 7) is 4.34. The van der Waals surface area contributed by atoms with Crippen LogP contribution in [0, 0.1) is 0 Å². The van der Waals surface area contributed by atoms with Gasteiger partial charge in [0.15, 0.2) is 0 Å². The molecule has 3 N–H and O–H groups in total. The minimum atomic E-state index is -0.870. The van der Waals surface area contributed by atoms with Gasteiger partial charge >= 0.3 is 0 Å². The quantitative estimate of drug-likeness (QED) is 0.0420. The average Bonchev–Trinajstić information content (AvgIpc) is 3.42. The molecule has 1 amide bonds. The van der Waals surface area contributed by atoms with E-state index in [9.17, 15) is 15.0 Å². The first-order valence-electron chi connectivity index (χ1n) is 35.2. The van der Waals surface area contributed by atoms with E-state index in [4.69, 9.17) is 0 Å². The highest BCUT2D eigenvalue weighted by Crippen LogP contribution is 2.19. The van der Waals surface area contributed by atoms with Crippen molar-refractivity contribution >= 4 is 5.91 Å². The Morgan fingerprint density at radius 2 is 0.513 bits per heavy atom. The Labute approximate surface area is 478 Å². The summed E-state index contributed by atoms with van der Waals surface area (Å²) in [6.07, 6.45) is 94.0. The number of rotatable bonds is 66. The van der Waals surface area contributed by atoms with E-state index in [1.807, 2.05) is 6.08 Å². The van der Waals surface area contributed by atoms with Gasteiger partial charge in [-0.3, -0.25) is 4.79 Å².